The fraction of sp³-hybridized carbons (Fsp3) is 0.417. The molecule has 86 valence electrons. The van der Waals surface area contributed by atoms with E-state index in [9.17, 15) is 9.90 Å². The minimum absolute atomic E-state index is 0.0203. The number of ether oxygens (including phenoxy) is 1. The standard InChI is InChI=1S/C12H15NO3/c1-8(2)16-7-12(15)9-5-3-4-6-10(9)13-11(12)14/h3-6,8,15H,7H2,1-2H3,(H,13,14). The van der Waals surface area contributed by atoms with Crippen LogP contribution in [0, 0.1) is 0 Å². The molecule has 4 nitrogen and oxygen atoms in total. The third kappa shape index (κ3) is 1.70. The number of aliphatic hydroxyl groups is 1. The smallest absolute Gasteiger partial charge is 0.263 e. The van der Waals surface area contributed by atoms with Gasteiger partial charge in [0.1, 0.15) is 0 Å². The molecule has 1 aromatic carbocycles. The number of rotatable bonds is 3. The second-order valence-electron chi connectivity index (χ2n) is 4.22. The first-order valence-electron chi connectivity index (χ1n) is 5.29. The van der Waals surface area contributed by atoms with Crippen molar-refractivity contribution in [1.29, 1.82) is 0 Å². The van der Waals surface area contributed by atoms with Crippen molar-refractivity contribution in [2.75, 3.05) is 11.9 Å². The number of benzene rings is 1. The van der Waals surface area contributed by atoms with E-state index in [0.717, 1.165) is 0 Å². The Kier molecular flexibility index (Phi) is 2.69. The fourth-order valence-electron chi connectivity index (χ4n) is 1.73. The van der Waals surface area contributed by atoms with Crippen LogP contribution in [0.5, 0.6) is 0 Å². The average Bonchev–Trinajstić information content (AvgIpc) is 2.50. The Morgan fingerprint density at radius 3 is 2.81 bits per heavy atom. The first kappa shape index (κ1) is 11.1. The summed E-state index contributed by atoms with van der Waals surface area (Å²) >= 11 is 0. The molecule has 0 aromatic heterocycles. The molecule has 2 rings (SSSR count). The molecule has 0 saturated carbocycles. The Hall–Kier alpha value is -1.39. The SMILES string of the molecule is CC(C)OCC1(O)C(=O)Nc2ccccc21. The van der Waals surface area contributed by atoms with Gasteiger partial charge in [0.25, 0.3) is 5.91 Å². The number of para-hydroxylation sites is 1. The van der Waals surface area contributed by atoms with Gasteiger partial charge in [-0.25, -0.2) is 0 Å². The van der Waals surface area contributed by atoms with Gasteiger partial charge in [0.05, 0.1) is 12.7 Å². The van der Waals surface area contributed by atoms with E-state index in [1.807, 2.05) is 19.9 Å². The van der Waals surface area contributed by atoms with E-state index >= 15 is 0 Å². The topological polar surface area (TPSA) is 58.6 Å². The molecule has 1 aliphatic heterocycles. The molecular formula is C12H15NO3. The predicted octanol–water partition coefficient (Wildman–Crippen LogP) is 1.25. The van der Waals surface area contributed by atoms with E-state index in [-0.39, 0.29) is 12.7 Å². The maximum atomic E-state index is 11.7. The Bertz CT molecular complexity index is 416. The van der Waals surface area contributed by atoms with E-state index < -0.39 is 11.5 Å². The molecule has 0 saturated heterocycles. The van der Waals surface area contributed by atoms with Crippen LogP contribution in [-0.4, -0.2) is 23.7 Å². The number of carbonyl (C=O) groups is 1. The highest BCUT2D eigenvalue weighted by Gasteiger charge is 2.45. The molecule has 1 amide bonds. The maximum Gasteiger partial charge on any atom is 0.263 e. The minimum Gasteiger partial charge on any atom is -0.375 e. The molecule has 0 fully saturated rings. The van der Waals surface area contributed by atoms with Crippen molar-refractivity contribution in [3.05, 3.63) is 29.8 Å². The van der Waals surface area contributed by atoms with Crippen LogP contribution in [0.15, 0.2) is 24.3 Å². The summed E-state index contributed by atoms with van der Waals surface area (Å²) in [5, 5.41) is 13.0. The van der Waals surface area contributed by atoms with Crippen molar-refractivity contribution in [3.8, 4) is 0 Å². The fourth-order valence-corrected chi connectivity index (χ4v) is 1.73. The molecule has 0 aliphatic carbocycles. The third-order valence-corrected chi connectivity index (χ3v) is 2.62. The van der Waals surface area contributed by atoms with Crippen molar-refractivity contribution in [3.63, 3.8) is 0 Å². The van der Waals surface area contributed by atoms with Gasteiger partial charge in [-0.15, -0.1) is 0 Å². The molecule has 2 N–H and O–H groups in total. The van der Waals surface area contributed by atoms with Gasteiger partial charge in [-0.1, -0.05) is 18.2 Å². The number of amides is 1. The zero-order chi connectivity index (χ0) is 11.8. The van der Waals surface area contributed by atoms with Gasteiger partial charge >= 0.3 is 0 Å². The van der Waals surface area contributed by atoms with Crippen LogP contribution in [0.2, 0.25) is 0 Å². The van der Waals surface area contributed by atoms with Crippen LogP contribution in [-0.2, 0) is 15.1 Å². The first-order valence-corrected chi connectivity index (χ1v) is 5.29. The number of hydrogen-bond donors (Lipinski definition) is 2. The Balaban J connectivity index is 2.30. The number of nitrogens with one attached hydrogen (secondary N) is 1. The molecule has 1 atom stereocenters. The summed E-state index contributed by atoms with van der Waals surface area (Å²) < 4.78 is 5.35. The summed E-state index contributed by atoms with van der Waals surface area (Å²) in [5.74, 6) is -0.422. The highest BCUT2D eigenvalue weighted by atomic mass is 16.5. The van der Waals surface area contributed by atoms with Crippen LogP contribution >= 0.6 is 0 Å². The van der Waals surface area contributed by atoms with Gasteiger partial charge in [-0.2, -0.15) is 0 Å². The molecule has 0 spiro atoms. The van der Waals surface area contributed by atoms with Crippen LogP contribution in [0.4, 0.5) is 5.69 Å². The van der Waals surface area contributed by atoms with E-state index in [1.54, 1.807) is 18.2 Å². The monoisotopic (exact) mass is 221 g/mol. The molecule has 1 heterocycles. The molecular weight excluding hydrogens is 206 g/mol. The van der Waals surface area contributed by atoms with Gasteiger partial charge < -0.3 is 15.2 Å². The number of fused-ring (bicyclic) bond motifs is 1. The summed E-state index contributed by atoms with van der Waals surface area (Å²) in [4.78, 5) is 11.7. The van der Waals surface area contributed by atoms with Crippen molar-refractivity contribution in [1.82, 2.24) is 0 Å². The lowest BCUT2D eigenvalue weighted by Gasteiger charge is -2.21. The van der Waals surface area contributed by atoms with E-state index in [1.165, 1.54) is 0 Å². The lowest BCUT2D eigenvalue weighted by atomic mass is 9.96. The molecule has 0 bridgehead atoms. The quantitative estimate of drug-likeness (QED) is 0.807. The summed E-state index contributed by atoms with van der Waals surface area (Å²) in [7, 11) is 0. The summed E-state index contributed by atoms with van der Waals surface area (Å²) in [6.07, 6.45) is -0.0235. The molecule has 16 heavy (non-hydrogen) atoms. The van der Waals surface area contributed by atoms with E-state index in [2.05, 4.69) is 5.32 Å². The molecule has 4 heteroatoms. The van der Waals surface area contributed by atoms with Gasteiger partial charge in [0.15, 0.2) is 5.60 Å². The summed E-state index contributed by atoms with van der Waals surface area (Å²) in [6, 6.07) is 7.10. The van der Waals surface area contributed by atoms with E-state index in [4.69, 9.17) is 4.74 Å². The Morgan fingerprint density at radius 2 is 2.12 bits per heavy atom. The average molecular weight is 221 g/mol. The van der Waals surface area contributed by atoms with Crippen molar-refractivity contribution < 1.29 is 14.6 Å². The van der Waals surface area contributed by atoms with Crippen molar-refractivity contribution in [2.45, 2.75) is 25.6 Å². The van der Waals surface area contributed by atoms with Crippen molar-refractivity contribution in [2.24, 2.45) is 0 Å². The number of hydrogen-bond acceptors (Lipinski definition) is 3. The van der Waals surface area contributed by atoms with Crippen LogP contribution in [0.25, 0.3) is 0 Å². The molecule has 1 aromatic rings. The second kappa shape index (κ2) is 3.88. The Labute approximate surface area is 94.2 Å². The minimum atomic E-state index is -1.55. The normalized spacial score (nSPS) is 23.4. The van der Waals surface area contributed by atoms with Crippen LogP contribution in [0.3, 0.4) is 0 Å². The number of anilines is 1. The van der Waals surface area contributed by atoms with Gasteiger partial charge in [0.2, 0.25) is 0 Å². The largest absolute Gasteiger partial charge is 0.375 e. The zero-order valence-corrected chi connectivity index (χ0v) is 9.36. The summed E-state index contributed by atoms with van der Waals surface area (Å²) in [6.45, 7) is 3.71. The van der Waals surface area contributed by atoms with Crippen molar-refractivity contribution >= 4 is 11.6 Å². The van der Waals surface area contributed by atoms with Gasteiger partial charge in [0, 0.05) is 11.3 Å². The van der Waals surface area contributed by atoms with E-state index in [0.29, 0.717) is 11.3 Å². The van der Waals surface area contributed by atoms with Gasteiger partial charge in [-0.05, 0) is 19.9 Å². The van der Waals surface area contributed by atoms with Crippen LogP contribution < -0.4 is 5.32 Å². The first-order chi connectivity index (χ1) is 7.54. The maximum absolute atomic E-state index is 11.7. The molecule has 0 radical (unpaired) electrons. The lowest BCUT2D eigenvalue weighted by molar-refractivity contribution is -0.142. The molecule has 1 aliphatic rings. The predicted molar refractivity (Wildman–Crippen MR) is 60.1 cm³/mol. The number of carbonyl (C=O) groups excluding carboxylic acids is 1. The van der Waals surface area contributed by atoms with Gasteiger partial charge in [-0.3, -0.25) is 4.79 Å². The third-order valence-electron chi connectivity index (χ3n) is 2.62. The molecule has 1 unspecified atom stereocenters. The van der Waals surface area contributed by atoms with Crippen LogP contribution in [0.1, 0.15) is 19.4 Å². The highest BCUT2D eigenvalue weighted by molar-refractivity contribution is 6.04. The lowest BCUT2D eigenvalue weighted by Crippen LogP contribution is -2.39. The second-order valence-corrected chi connectivity index (χ2v) is 4.22. The summed E-state index contributed by atoms with van der Waals surface area (Å²) in [5.41, 5.74) is -0.316. The highest BCUT2D eigenvalue weighted by Crippen LogP contribution is 2.35. The zero-order valence-electron chi connectivity index (χ0n) is 9.36. The Morgan fingerprint density at radius 1 is 1.44 bits per heavy atom.